The fourth-order valence-electron chi connectivity index (χ4n) is 2.55. The van der Waals surface area contributed by atoms with E-state index in [2.05, 4.69) is 75.2 Å². The normalized spacial score (nSPS) is 12.2. The van der Waals surface area contributed by atoms with Gasteiger partial charge in [-0.1, -0.05) is 35.9 Å². The Balaban J connectivity index is 2.10. The minimum atomic E-state index is 0.208. The van der Waals surface area contributed by atoms with Gasteiger partial charge in [0, 0.05) is 25.3 Å². The van der Waals surface area contributed by atoms with Gasteiger partial charge in [-0.2, -0.15) is 0 Å². The zero-order chi connectivity index (χ0) is 15.4. The van der Waals surface area contributed by atoms with Crippen molar-refractivity contribution in [3.63, 3.8) is 0 Å². The fraction of sp³-hybridized carbons (Fsp3) is 0.368. The molecule has 2 rings (SSSR count). The number of hydrogen-bond acceptors (Lipinski definition) is 2. The van der Waals surface area contributed by atoms with E-state index in [1.165, 1.54) is 27.9 Å². The number of benzene rings is 2. The van der Waals surface area contributed by atoms with Crippen LogP contribution in [0, 0.1) is 13.8 Å². The van der Waals surface area contributed by atoms with Gasteiger partial charge < -0.3 is 10.6 Å². The van der Waals surface area contributed by atoms with Crippen molar-refractivity contribution in [3.05, 3.63) is 64.7 Å². The molecule has 2 aromatic carbocycles. The third-order valence-electron chi connectivity index (χ3n) is 3.85. The summed E-state index contributed by atoms with van der Waals surface area (Å²) in [6.45, 7) is 7.26. The molecule has 0 fully saturated rings. The van der Waals surface area contributed by atoms with Gasteiger partial charge in [0.25, 0.3) is 0 Å². The van der Waals surface area contributed by atoms with E-state index in [1.54, 1.807) is 0 Å². The van der Waals surface area contributed by atoms with Crippen molar-refractivity contribution in [1.29, 1.82) is 0 Å². The molecule has 2 nitrogen and oxygen atoms in total. The summed E-state index contributed by atoms with van der Waals surface area (Å²) in [7, 11) is 2.14. The van der Waals surface area contributed by atoms with Gasteiger partial charge in [-0.05, 0) is 56.0 Å². The van der Waals surface area contributed by atoms with E-state index < -0.39 is 0 Å². The maximum absolute atomic E-state index is 5.90. The second kappa shape index (κ2) is 6.77. The second-order valence-electron chi connectivity index (χ2n) is 6.13. The van der Waals surface area contributed by atoms with Gasteiger partial charge >= 0.3 is 0 Å². The van der Waals surface area contributed by atoms with Crippen molar-refractivity contribution in [2.75, 3.05) is 11.9 Å². The van der Waals surface area contributed by atoms with Crippen molar-refractivity contribution < 1.29 is 0 Å². The van der Waals surface area contributed by atoms with Gasteiger partial charge in [-0.25, -0.2) is 0 Å². The Morgan fingerprint density at radius 3 is 2.29 bits per heavy atom. The first-order valence-corrected chi connectivity index (χ1v) is 7.57. The average Bonchev–Trinajstić information content (AvgIpc) is 2.43. The summed E-state index contributed by atoms with van der Waals surface area (Å²) in [5, 5.41) is 0. The summed E-state index contributed by atoms with van der Waals surface area (Å²) in [4.78, 5) is 2.29. The first kappa shape index (κ1) is 15.6. The third-order valence-corrected chi connectivity index (χ3v) is 3.85. The number of nitrogens with two attached hydrogens (primary N) is 1. The highest BCUT2D eigenvalue weighted by Crippen LogP contribution is 2.21. The minimum absolute atomic E-state index is 0.208. The lowest BCUT2D eigenvalue weighted by Gasteiger charge is -2.21. The number of hydrogen-bond donors (Lipinski definition) is 1. The molecule has 1 unspecified atom stereocenters. The van der Waals surface area contributed by atoms with Crippen LogP contribution in [0.2, 0.25) is 0 Å². The van der Waals surface area contributed by atoms with Crippen molar-refractivity contribution in [3.8, 4) is 0 Å². The van der Waals surface area contributed by atoms with Crippen LogP contribution in [0.5, 0.6) is 0 Å². The molecule has 0 radical (unpaired) electrons. The SMILES string of the molecule is Cc1ccc(CN(C)c2ccc(CC(C)N)c(C)c2)cc1. The van der Waals surface area contributed by atoms with Crippen LogP contribution in [0.4, 0.5) is 5.69 Å². The summed E-state index contributed by atoms with van der Waals surface area (Å²) >= 11 is 0. The Labute approximate surface area is 128 Å². The predicted octanol–water partition coefficient (Wildman–Crippen LogP) is 3.83. The molecule has 0 aromatic heterocycles. The molecule has 0 saturated heterocycles. The van der Waals surface area contributed by atoms with E-state index in [1.807, 2.05) is 0 Å². The van der Waals surface area contributed by atoms with Crippen molar-refractivity contribution in [2.45, 2.75) is 39.8 Å². The van der Waals surface area contributed by atoms with Crippen LogP contribution in [0.15, 0.2) is 42.5 Å². The van der Waals surface area contributed by atoms with E-state index >= 15 is 0 Å². The van der Waals surface area contributed by atoms with Crippen LogP contribution in [0.25, 0.3) is 0 Å². The lowest BCUT2D eigenvalue weighted by Crippen LogP contribution is -2.19. The van der Waals surface area contributed by atoms with Gasteiger partial charge in [0.15, 0.2) is 0 Å². The highest BCUT2D eigenvalue weighted by atomic mass is 15.1. The van der Waals surface area contributed by atoms with Crippen LogP contribution in [-0.2, 0) is 13.0 Å². The molecule has 2 aromatic rings. The maximum Gasteiger partial charge on any atom is 0.0426 e. The van der Waals surface area contributed by atoms with Crippen LogP contribution in [0.1, 0.15) is 29.2 Å². The van der Waals surface area contributed by atoms with E-state index in [0.717, 1.165) is 13.0 Å². The van der Waals surface area contributed by atoms with Crippen LogP contribution in [0.3, 0.4) is 0 Å². The highest BCUT2D eigenvalue weighted by Gasteiger charge is 2.06. The van der Waals surface area contributed by atoms with Crippen molar-refractivity contribution >= 4 is 5.69 Å². The van der Waals surface area contributed by atoms with Gasteiger partial charge in [-0.3, -0.25) is 0 Å². The molecule has 0 saturated carbocycles. The Morgan fingerprint density at radius 1 is 1.05 bits per heavy atom. The molecule has 2 N–H and O–H groups in total. The van der Waals surface area contributed by atoms with Gasteiger partial charge in [0.05, 0.1) is 0 Å². The van der Waals surface area contributed by atoms with Crippen LogP contribution >= 0.6 is 0 Å². The van der Waals surface area contributed by atoms with E-state index in [-0.39, 0.29) is 6.04 Å². The van der Waals surface area contributed by atoms with Crippen molar-refractivity contribution in [2.24, 2.45) is 5.73 Å². The molecule has 2 heteroatoms. The number of anilines is 1. The van der Waals surface area contributed by atoms with E-state index in [0.29, 0.717) is 0 Å². The summed E-state index contributed by atoms with van der Waals surface area (Å²) in [5.41, 5.74) is 12.4. The lowest BCUT2D eigenvalue weighted by atomic mass is 10.0. The Hall–Kier alpha value is -1.80. The molecule has 0 amide bonds. The molecule has 0 heterocycles. The highest BCUT2D eigenvalue weighted by molar-refractivity contribution is 5.51. The van der Waals surface area contributed by atoms with E-state index in [4.69, 9.17) is 5.73 Å². The summed E-state index contributed by atoms with van der Waals surface area (Å²) in [5.74, 6) is 0. The zero-order valence-electron chi connectivity index (χ0n) is 13.6. The zero-order valence-corrected chi connectivity index (χ0v) is 13.6. The first-order valence-electron chi connectivity index (χ1n) is 7.57. The standard InChI is InChI=1S/C19H26N2/c1-14-5-7-17(8-6-14)13-21(4)19-10-9-18(12-16(3)20)15(2)11-19/h5-11,16H,12-13,20H2,1-4H3. The predicted molar refractivity (Wildman–Crippen MR) is 91.8 cm³/mol. The summed E-state index contributed by atoms with van der Waals surface area (Å²) in [6, 6.07) is 15.6. The largest absolute Gasteiger partial charge is 0.370 e. The lowest BCUT2D eigenvalue weighted by molar-refractivity contribution is 0.734. The Kier molecular flexibility index (Phi) is 5.03. The van der Waals surface area contributed by atoms with Gasteiger partial charge in [0.1, 0.15) is 0 Å². The third kappa shape index (κ3) is 4.33. The number of rotatable bonds is 5. The monoisotopic (exact) mass is 282 g/mol. The molecule has 1 atom stereocenters. The molecule has 112 valence electrons. The Bertz CT molecular complexity index is 585. The molecular formula is C19H26N2. The maximum atomic E-state index is 5.90. The van der Waals surface area contributed by atoms with Gasteiger partial charge in [0.2, 0.25) is 0 Å². The topological polar surface area (TPSA) is 29.3 Å². The van der Waals surface area contributed by atoms with Gasteiger partial charge in [-0.15, -0.1) is 0 Å². The summed E-state index contributed by atoms with van der Waals surface area (Å²) in [6.07, 6.45) is 0.938. The fourth-order valence-corrected chi connectivity index (χ4v) is 2.55. The Morgan fingerprint density at radius 2 is 1.71 bits per heavy atom. The van der Waals surface area contributed by atoms with E-state index in [9.17, 15) is 0 Å². The molecule has 0 aliphatic carbocycles. The first-order chi connectivity index (χ1) is 9.95. The van der Waals surface area contributed by atoms with Crippen LogP contribution < -0.4 is 10.6 Å². The molecule has 0 aliphatic rings. The molecule has 0 spiro atoms. The summed E-state index contributed by atoms with van der Waals surface area (Å²) < 4.78 is 0. The number of aryl methyl sites for hydroxylation is 2. The minimum Gasteiger partial charge on any atom is -0.370 e. The van der Waals surface area contributed by atoms with Crippen molar-refractivity contribution in [1.82, 2.24) is 0 Å². The smallest absolute Gasteiger partial charge is 0.0426 e. The van der Waals surface area contributed by atoms with Crippen LogP contribution in [-0.4, -0.2) is 13.1 Å². The molecule has 0 bridgehead atoms. The quantitative estimate of drug-likeness (QED) is 0.903. The second-order valence-corrected chi connectivity index (χ2v) is 6.13. The number of nitrogens with zero attached hydrogens (tertiary/aromatic N) is 1. The average molecular weight is 282 g/mol. The molecule has 0 aliphatic heterocycles. The molecular weight excluding hydrogens is 256 g/mol. The molecule has 21 heavy (non-hydrogen) atoms.